The van der Waals surface area contributed by atoms with Gasteiger partial charge in [0.1, 0.15) is 18.4 Å². The molecule has 164 valence electrons. The van der Waals surface area contributed by atoms with Gasteiger partial charge in [0.05, 0.1) is 11.2 Å². The van der Waals surface area contributed by atoms with Gasteiger partial charge in [-0.05, 0) is 41.5 Å². The summed E-state index contributed by atoms with van der Waals surface area (Å²) < 4.78 is 15.1. The van der Waals surface area contributed by atoms with Crippen LogP contribution in [0, 0.1) is 0 Å². The van der Waals surface area contributed by atoms with Crippen molar-refractivity contribution in [3.63, 3.8) is 0 Å². The van der Waals surface area contributed by atoms with Gasteiger partial charge in [0, 0.05) is 42.5 Å². The Morgan fingerprint density at radius 1 is 1.06 bits per heavy atom. The summed E-state index contributed by atoms with van der Waals surface area (Å²) in [5.74, 6) is -0.202. The van der Waals surface area contributed by atoms with E-state index in [0.717, 1.165) is 33.3 Å². The molecule has 3 aromatic heterocycles. The van der Waals surface area contributed by atoms with E-state index in [0.29, 0.717) is 12.1 Å². The number of allylic oxidation sites excluding steroid dienone is 2. The second kappa shape index (κ2) is 9.16. The third-order valence-electron chi connectivity index (χ3n) is 5.49. The number of pyridine rings is 2. The molecule has 7 heteroatoms. The van der Waals surface area contributed by atoms with Gasteiger partial charge in [0.2, 0.25) is 5.91 Å². The maximum absolute atomic E-state index is 13.5. The minimum Gasteiger partial charge on any atom is -0.350 e. The molecule has 3 heterocycles. The van der Waals surface area contributed by atoms with Crippen molar-refractivity contribution >= 4 is 16.8 Å². The SMILES string of the molecule is O=C(Cn1cc(-c2ccnc3ccccc23)c(-c2ccccn2)n1)NCC1=CC(F)CC=C1. The standard InChI is InChI=1S/C26H22FN5O/c27-19-7-5-6-18(14-19)15-30-25(33)17-32-16-22(26(31-32)24-10-3-4-12-28-24)20-11-13-29-23-9-2-1-8-21(20)23/h1-6,8-14,16,19H,7,15,17H2,(H,30,33). The fourth-order valence-corrected chi connectivity index (χ4v) is 3.95. The zero-order valence-electron chi connectivity index (χ0n) is 17.9. The number of carbonyl (C=O) groups is 1. The number of benzene rings is 1. The number of aromatic nitrogens is 4. The lowest BCUT2D eigenvalue weighted by Crippen LogP contribution is -2.29. The van der Waals surface area contributed by atoms with Crippen molar-refractivity contribution in [3.05, 3.63) is 90.9 Å². The van der Waals surface area contributed by atoms with Crippen LogP contribution in [0.3, 0.4) is 0 Å². The Kier molecular flexibility index (Phi) is 5.76. The molecule has 0 radical (unpaired) electrons. The predicted molar refractivity (Wildman–Crippen MR) is 126 cm³/mol. The average Bonchev–Trinajstić information content (AvgIpc) is 3.26. The van der Waals surface area contributed by atoms with E-state index in [9.17, 15) is 9.18 Å². The molecule has 0 aliphatic heterocycles. The topological polar surface area (TPSA) is 72.7 Å². The number of rotatable bonds is 6. The number of alkyl halides is 1. The minimum absolute atomic E-state index is 0.0406. The van der Waals surface area contributed by atoms with Crippen molar-refractivity contribution in [2.24, 2.45) is 0 Å². The van der Waals surface area contributed by atoms with E-state index >= 15 is 0 Å². The number of carbonyl (C=O) groups excluding carboxylic acids is 1. The molecule has 5 rings (SSSR count). The number of para-hydroxylation sites is 1. The first-order valence-corrected chi connectivity index (χ1v) is 10.8. The third kappa shape index (κ3) is 4.57. The van der Waals surface area contributed by atoms with Crippen molar-refractivity contribution in [3.8, 4) is 22.5 Å². The average molecular weight is 439 g/mol. The van der Waals surface area contributed by atoms with E-state index in [1.807, 2.05) is 60.8 Å². The van der Waals surface area contributed by atoms with E-state index in [2.05, 4.69) is 15.3 Å². The van der Waals surface area contributed by atoms with Crippen LogP contribution < -0.4 is 5.32 Å². The second-order valence-corrected chi connectivity index (χ2v) is 7.85. The van der Waals surface area contributed by atoms with E-state index in [4.69, 9.17) is 5.10 Å². The molecule has 1 N–H and O–H groups in total. The first-order chi connectivity index (χ1) is 16.2. The molecular formula is C26H22FN5O. The van der Waals surface area contributed by atoms with E-state index in [-0.39, 0.29) is 19.0 Å². The van der Waals surface area contributed by atoms with Crippen LogP contribution in [0.1, 0.15) is 6.42 Å². The molecule has 1 atom stereocenters. The normalized spacial score (nSPS) is 15.4. The Hall–Kier alpha value is -4.13. The van der Waals surface area contributed by atoms with Gasteiger partial charge in [-0.2, -0.15) is 5.10 Å². The Morgan fingerprint density at radius 3 is 2.79 bits per heavy atom. The number of hydrogen-bond donors (Lipinski definition) is 1. The van der Waals surface area contributed by atoms with Crippen LogP contribution in [0.25, 0.3) is 33.4 Å². The van der Waals surface area contributed by atoms with Gasteiger partial charge in [-0.15, -0.1) is 0 Å². The lowest BCUT2D eigenvalue weighted by atomic mass is 10.0. The number of amides is 1. The molecule has 0 fully saturated rings. The molecule has 0 saturated heterocycles. The summed E-state index contributed by atoms with van der Waals surface area (Å²) in [6.07, 6.45) is 9.91. The molecule has 6 nitrogen and oxygen atoms in total. The minimum atomic E-state index is -0.994. The first-order valence-electron chi connectivity index (χ1n) is 10.8. The summed E-state index contributed by atoms with van der Waals surface area (Å²) in [5.41, 5.74) is 4.91. The molecule has 0 saturated carbocycles. The van der Waals surface area contributed by atoms with E-state index in [1.165, 1.54) is 0 Å². The van der Waals surface area contributed by atoms with Crippen LogP contribution in [0.4, 0.5) is 4.39 Å². The van der Waals surface area contributed by atoms with Crippen LogP contribution in [0.5, 0.6) is 0 Å². The molecule has 1 aliphatic rings. The van der Waals surface area contributed by atoms with Gasteiger partial charge in [0.25, 0.3) is 0 Å². The highest BCUT2D eigenvalue weighted by atomic mass is 19.1. The second-order valence-electron chi connectivity index (χ2n) is 7.85. The summed E-state index contributed by atoms with van der Waals surface area (Å²) in [6, 6.07) is 15.5. The number of nitrogens with one attached hydrogen (secondary N) is 1. The lowest BCUT2D eigenvalue weighted by Gasteiger charge is -2.11. The Labute approximate surface area is 190 Å². The Balaban J connectivity index is 1.45. The maximum Gasteiger partial charge on any atom is 0.241 e. The van der Waals surface area contributed by atoms with E-state index in [1.54, 1.807) is 29.2 Å². The van der Waals surface area contributed by atoms with Crippen molar-refractivity contribution in [2.45, 2.75) is 19.1 Å². The van der Waals surface area contributed by atoms with Crippen molar-refractivity contribution in [1.82, 2.24) is 25.1 Å². The molecule has 1 aliphatic carbocycles. The van der Waals surface area contributed by atoms with Crippen LogP contribution in [0.15, 0.2) is 90.9 Å². The van der Waals surface area contributed by atoms with Gasteiger partial charge in [0.15, 0.2) is 0 Å². The first kappa shape index (κ1) is 20.8. The highest BCUT2D eigenvalue weighted by Crippen LogP contribution is 2.34. The summed E-state index contributed by atoms with van der Waals surface area (Å²) in [7, 11) is 0. The van der Waals surface area contributed by atoms with Crippen LogP contribution >= 0.6 is 0 Å². The van der Waals surface area contributed by atoms with Crippen LogP contribution in [0.2, 0.25) is 0 Å². The zero-order valence-corrected chi connectivity index (χ0v) is 17.9. The fraction of sp³-hybridized carbons (Fsp3) is 0.154. The molecule has 0 bridgehead atoms. The summed E-state index contributed by atoms with van der Waals surface area (Å²) in [5, 5.41) is 8.54. The Bertz CT molecular complexity index is 1350. The summed E-state index contributed by atoms with van der Waals surface area (Å²) >= 11 is 0. The Morgan fingerprint density at radius 2 is 1.94 bits per heavy atom. The molecule has 33 heavy (non-hydrogen) atoms. The molecule has 0 spiro atoms. The van der Waals surface area contributed by atoms with Crippen LogP contribution in [-0.4, -0.2) is 38.4 Å². The molecule has 1 unspecified atom stereocenters. The van der Waals surface area contributed by atoms with Gasteiger partial charge in [-0.25, -0.2) is 4.39 Å². The monoisotopic (exact) mass is 439 g/mol. The zero-order chi connectivity index (χ0) is 22.6. The number of fused-ring (bicyclic) bond motifs is 1. The smallest absolute Gasteiger partial charge is 0.241 e. The predicted octanol–water partition coefficient (Wildman–Crippen LogP) is 4.50. The number of nitrogens with zero attached hydrogens (tertiary/aromatic N) is 4. The molecule has 1 amide bonds. The highest BCUT2D eigenvalue weighted by molar-refractivity contribution is 5.97. The summed E-state index contributed by atoms with van der Waals surface area (Å²) in [4.78, 5) is 21.5. The van der Waals surface area contributed by atoms with Crippen molar-refractivity contribution in [1.29, 1.82) is 0 Å². The lowest BCUT2D eigenvalue weighted by molar-refractivity contribution is -0.121. The van der Waals surface area contributed by atoms with E-state index < -0.39 is 6.17 Å². The molecular weight excluding hydrogens is 417 g/mol. The molecule has 1 aromatic carbocycles. The van der Waals surface area contributed by atoms with Crippen molar-refractivity contribution < 1.29 is 9.18 Å². The molecule has 4 aromatic rings. The van der Waals surface area contributed by atoms with Gasteiger partial charge in [-0.3, -0.25) is 19.4 Å². The highest BCUT2D eigenvalue weighted by Gasteiger charge is 2.18. The maximum atomic E-state index is 13.5. The number of hydrogen-bond acceptors (Lipinski definition) is 4. The van der Waals surface area contributed by atoms with Gasteiger partial charge in [-0.1, -0.05) is 36.4 Å². The van der Waals surface area contributed by atoms with Gasteiger partial charge < -0.3 is 5.32 Å². The van der Waals surface area contributed by atoms with Crippen molar-refractivity contribution in [2.75, 3.05) is 6.54 Å². The van der Waals surface area contributed by atoms with Gasteiger partial charge >= 0.3 is 0 Å². The van der Waals surface area contributed by atoms with Crippen LogP contribution in [-0.2, 0) is 11.3 Å². The number of halogens is 1. The largest absolute Gasteiger partial charge is 0.350 e. The quantitative estimate of drug-likeness (QED) is 0.480. The summed E-state index contributed by atoms with van der Waals surface area (Å²) in [6.45, 7) is 0.324. The fourth-order valence-electron chi connectivity index (χ4n) is 3.95. The third-order valence-corrected chi connectivity index (χ3v) is 5.49.